The molecule has 1 aliphatic carbocycles. The van der Waals surface area contributed by atoms with E-state index in [0.29, 0.717) is 13.1 Å². The van der Waals surface area contributed by atoms with Gasteiger partial charge in [-0.3, -0.25) is 4.79 Å². The van der Waals surface area contributed by atoms with E-state index in [2.05, 4.69) is 22.9 Å². The minimum absolute atomic E-state index is 0.0437. The summed E-state index contributed by atoms with van der Waals surface area (Å²) in [7, 11) is -1.62. The van der Waals surface area contributed by atoms with E-state index in [1.165, 1.54) is 11.8 Å². The standard InChI is InChI=1S/C23H28N2O4S/c1-29-18-10-11-19(20(13-18)16-7-4-3-5-8-16)21-14-22(21)23(26)25-12-6-9-17(15-25)24-30(2,27)28/h3-5,7-8,10-11,13,17,21-22,24H,6,9,12,14-15H2,1-2H3/t17-,21-,22+/m0/s1. The number of likely N-dealkylation sites (tertiary alicyclic amines) is 1. The molecule has 30 heavy (non-hydrogen) atoms. The molecule has 2 aliphatic rings. The third kappa shape index (κ3) is 4.68. The van der Waals surface area contributed by atoms with Gasteiger partial charge in [0.15, 0.2) is 0 Å². The Kier molecular flexibility index (Phi) is 5.84. The first-order valence-electron chi connectivity index (χ1n) is 10.3. The van der Waals surface area contributed by atoms with E-state index in [-0.39, 0.29) is 23.8 Å². The van der Waals surface area contributed by atoms with Crippen LogP contribution in [-0.4, -0.2) is 51.7 Å². The summed E-state index contributed by atoms with van der Waals surface area (Å²) in [6.07, 6.45) is 3.57. The molecule has 3 atom stereocenters. The highest BCUT2D eigenvalue weighted by atomic mass is 32.2. The van der Waals surface area contributed by atoms with E-state index < -0.39 is 10.0 Å². The summed E-state index contributed by atoms with van der Waals surface area (Å²) >= 11 is 0. The number of carbonyl (C=O) groups excluding carboxylic acids is 1. The first kappa shape index (κ1) is 20.9. The van der Waals surface area contributed by atoms with Crippen LogP contribution in [0.5, 0.6) is 5.75 Å². The van der Waals surface area contributed by atoms with Crippen LogP contribution in [0.15, 0.2) is 48.5 Å². The van der Waals surface area contributed by atoms with Crippen molar-refractivity contribution in [2.45, 2.75) is 31.2 Å². The minimum Gasteiger partial charge on any atom is -0.497 e. The van der Waals surface area contributed by atoms with E-state index in [4.69, 9.17) is 4.74 Å². The SMILES string of the molecule is COc1ccc([C@@H]2C[C@H]2C(=O)N2CCC[C@H](NS(C)(=O)=O)C2)c(-c2ccccc2)c1. The molecule has 4 rings (SSSR count). The molecule has 1 saturated heterocycles. The van der Waals surface area contributed by atoms with Gasteiger partial charge >= 0.3 is 0 Å². The van der Waals surface area contributed by atoms with E-state index in [9.17, 15) is 13.2 Å². The molecule has 0 radical (unpaired) electrons. The van der Waals surface area contributed by atoms with Gasteiger partial charge in [-0.25, -0.2) is 13.1 Å². The lowest BCUT2D eigenvalue weighted by Gasteiger charge is -2.33. The molecule has 0 bridgehead atoms. The number of amides is 1. The van der Waals surface area contributed by atoms with Crippen LogP contribution in [0.2, 0.25) is 0 Å². The summed E-state index contributed by atoms with van der Waals surface area (Å²) in [5.41, 5.74) is 3.38. The molecule has 160 valence electrons. The van der Waals surface area contributed by atoms with E-state index in [1.807, 2.05) is 35.2 Å². The number of methoxy groups -OCH3 is 1. The lowest BCUT2D eigenvalue weighted by molar-refractivity contribution is -0.133. The topological polar surface area (TPSA) is 75.7 Å². The van der Waals surface area contributed by atoms with Gasteiger partial charge in [0.1, 0.15) is 5.75 Å². The first-order valence-corrected chi connectivity index (χ1v) is 12.2. The van der Waals surface area contributed by atoms with Gasteiger partial charge in [0.05, 0.1) is 13.4 Å². The molecule has 1 saturated carbocycles. The van der Waals surface area contributed by atoms with Crippen molar-refractivity contribution in [3.05, 3.63) is 54.1 Å². The Hall–Kier alpha value is -2.38. The number of ether oxygens (including phenoxy) is 1. The number of hydrogen-bond donors (Lipinski definition) is 1. The number of nitrogens with one attached hydrogen (secondary N) is 1. The largest absolute Gasteiger partial charge is 0.497 e. The van der Waals surface area contributed by atoms with Crippen LogP contribution in [0.3, 0.4) is 0 Å². The number of hydrogen-bond acceptors (Lipinski definition) is 4. The van der Waals surface area contributed by atoms with E-state index in [1.54, 1.807) is 7.11 Å². The van der Waals surface area contributed by atoms with Crippen LogP contribution in [0, 0.1) is 5.92 Å². The van der Waals surface area contributed by atoms with Gasteiger partial charge in [0.2, 0.25) is 15.9 Å². The molecule has 0 aromatic heterocycles. The fraction of sp³-hybridized carbons (Fsp3) is 0.435. The molecule has 1 amide bonds. The highest BCUT2D eigenvalue weighted by Crippen LogP contribution is 2.52. The molecule has 2 aromatic carbocycles. The zero-order chi connectivity index (χ0) is 21.3. The van der Waals surface area contributed by atoms with Gasteiger partial charge in [0.25, 0.3) is 0 Å². The second-order valence-electron chi connectivity index (χ2n) is 8.28. The fourth-order valence-corrected chi connectivity index (χ4v) is 5.27. The van der Waals surface area contributed by atoms with Gasteiger partial charge in [-0.05, 0) is 54.0 Å². The maximum absolute atomic E-state index is 13.2. The number of sulfonamides is 1. The highest BCUT2D eigenvalue weighted by Gasteiger charge is 2.47. The normalized spacial score (nSPS) is 23.8. The molecular weight excluding hydrogens is 400 g/mol. The Morgan fingerprint density at radius 3 is 2.63 bits per heavy atom. The summed E-state index contributed by atoms with van der Waals surface area (Å²) in [5, 5.41) is 0. The summed E-state index contributed by atoms with van der Waals surface area (Å²) in [5.74, 6) is 1.07. The molecule has 2 fully saturated rings. The van der Waals surface area contributed by atoms with Crippen molar-refractivity contribution in [2.24, 2.45) is 5.92 Å². The number of carbonyl (C=O) groups is 1. The molecular formula is C23H28N2O4S. The zero-order valence-corrected chi connectivity index (χ0v) is 18.2. The van der Waals surface area contributed by atoms with Crippen molar-refractivity contribution in [1.82, 2.24) is 9.62 Å². The predicted molar refractivity (Wildman–Crippen MR) is 117 cm³/mol. The summed E-state index contributed by atoms with van der Waals surface area (Å²) < 4.78 is 31.2. The molecule has 0 unspecified atom stereocenters. The summed E-state index contributed by atoms with van der Waals surface area (Å²) in [6.45, 7) is 1.14. The van der Waals surface area contributed by atoms with Crippen LogP contribution >= 0.6 is 0 Å². The van der Waals surface area contributed by atoms with Gasteiger partial charge in [-0.2, -0.15) is 0 Å². The molecule has 7 heteroatoms. The average Bonchev–Trinajstić information content (AvgIpc) is 3.53. The molecule has 0 spiro atoms. The fourth-order valence-electron chi connectivity index (χ4n) is 4.48. The van der Waals surface area contributed by atoms with Gasteiger partial charge < -0.3 is 9.64 Å². The second kappa shape index (κ2) is 8.40. The van der Waals surface area contributed by atoms with Crippen LogP contribution < -0.4 is 9.46 Å². The molecule has 6 nitrogen and oxygen atoms in total. The zero-order valence-electron chi connectivity index (χ0n) is 17.4. The van der Waals surface area contributed by atoms with Crippen LogP contribution in [0.1, 0.15) is 30.7 Å². The number of rotatable bonds is 6. The Balaban J connectivity index is 1.51. The second-order valence-corrected chi connectivity index (χ2v) is 10.1. The Labute approximate surface area is 178 Å². The van der Waals surface area contributed by atoms with Crippen LogP contribution in [0.25, 0.3) is 11.1 Å². The lowest BCUT2D eigenvalue weighted by Crippen LogP contribution is -2.49. The average molecular weight is 429 g/mol. The maximum Gasteiger partial charge on any atom is 0.226 e. The van der Waals surface area contributed by atoms with Gasteiger partial charge in [-0.15, -0.1) is 0 Å². The van der Waals surface area contributed by atoms with Crippen LogP contribution in [0.4, 0.5) is 0 Å². The van der Waals surface area contributed by atoms with Gasteiger partial charge in [-0.1, -0.05) is 36.4 Å². The first-order chi connectivity index (χ1) is 14.4. The van der Waals surface area contributed by atoms with Crippen molar-refractivity contribution in [3.8, 4) is 16.9 Å². The monoisotopic (exact) mass is 428 g/mol. The van der Waals surface area contributed by atoms with Crippen LogP contribution in [-0.2, 0) is 14.8 Å². The smallest absolute Gasteiger partial charge is 0.226 e. The lowest BCUT2D eigenvalue weighted by atomic mass is 9.95. The van der Waals surface area contributed by atoms with Gasteiger partial charge in [0, 0.05) is 25.0 Å². The Morgan fingerprint density at radius 2 is 1.93 bits per heavy atom. The minimum atomic E-state index is -3.27. The number of nitrogens with zero attached hydrogens (tertiary/aromatic N) is 1. The van der Waals surface area contributed by atoms with Crippen molar-refractivity contribution in [1.29, 1.82) is 0 Å². The quantitative estimate of drug-likeness (QED) is 0.767. The molecule has 1 aliphatic heterocycles. The van der Waals surface area contributed by atoms with Crippen molar-refractivity contribution >= 4 is 15.9 Å². The highest BCUT2D eigenvalue weighted by molar-refractivity contribution is 7.88. The number of benzene rings is 2. The summed E-state index contributed by atoms with van der Waals surface area (Å²) in [4.78, 5) is 15.0. The predicted octanol–water partition coefficient (Wildman–Crippen LogP) is 3.01. The maximum atomic E-state index is 13.2. The molecule has 1 N–H and O–H groups in total. The van der Waals surface area contributed by atoms with Crippen molar-refractivity contribution < 1.29 is 17.9 Å². The Morgan fingerprint density at radius 1 is 1.17 bits per heavy atom. The van der Waals surface area contributed by atoms with Crippen molar-refractivity contribution in [3.63, 3.8) is 0 Å². The molecule has 2 aromatic rings. The van der Waals surface area contributed by atoms with E-state index in [0.717, 1.165) is 36.1 Å². The van der Waals surface area contributed by atoms with E-state index >= 15 is 0 Å². The third-order valence-electron chi connectivity index (χ3n) is 5.97. The summed E-state index contributed by atoms with van der Waals surface area (Å²) in [6, 6.07) is 16.0. The van der Waals surface area contributed by atoms with Crippen molar-refractivity contribution in [2.75, 3.05) is 26.5 Å². The molecule has 1 heterocycles. The third-order valence-corrected chi connectivity index (χ3v) is 6.73. The Bertz CT molecular complexity index is 1020. The number of piperidine rings is 1.